The first-order valence-corrected chi connectivity index (χ1v) is 3.59. The fraction of sp³-hybridized carbons (Fsp3) is 0.444. The van der Waals surface area contributed by atoms with Crippen molar-refractivity contribution in [3.05, 3.63) is 24.6 Å². The summed E-state index contributed by atoms with van der Waals surface area (Å²) in [6, 6.07) is 0. The highest BCUT2D eigenvalue weighted by Crippen LogP contribution is 2.23. The van der Waals surface area contributed by atoms with E-state index >= 15 is 0 Å². The van der Waals surface area contributed by atoms with Crippen molar-refractivity contribution in [2.45, 2.75) is 20.8 Å². The molecule has 11 heavy (non-hydrogen) atoms. The minimum absolute atomic E-state index is 0.0406. The van der Waals surface area contributed by atoms with Gasteiger partial charge in [-0.3, -0.25) is 4.99 Å². The minimum Gasteiger partial charge on any atom is -0.405 e. The van der Waals surface area contributed by atoms with E-state index in [1.807, 2.05) is 0 Å². The monoisotopic (exact) mass is 152 g/mol. The fourth-order valence-corrected chi connectivity index (χ4v) is 0.376. The highest BCUT2D eigenvalue weighted by molar-refractivity contribution is 5.71. The normalized spacial score (nSPS) is 13.0. The summed E-state index contributed by atoms with van der Waals surface area (Å²) in [5, 5.41) is 0. The zero-order valence-electron chi connectivity index (χ0n) is 7.46. The number of allylic oxidation sites excluding steroid dienone is 2. The van der Waals surface area contributed by atoms with Crippen LogP contribution in [0, 0.1) is 5.41 Å². The van der Waals surface area contributed by atoms with Crippen LogP contribution in [0.2, 0.25) is 0 Å². The molecule has 2 heteroatoms. The average molecular weight is 152 g/mol. The fourth-order valence-electron chi connectivity index (χ4n) is 0.376. The molecule has 0 aromatic rings. The van der Waals surface area contributed by atoms with E-state index in [2.05, 4.69) is 32.3 Å². The first kappa shape index (κ1) is 9.95. The van der Waals surface area contributed by atoms with Crippen LogP contribution in [0.1, 0.15) is 20.8 Å². The third-order valence-corrected chi connectivity index (χ3v) is 1.29. The molecule has 0 aromatic heterocycles. The zero-order chi connectivity index (χ0) is 8.91. The van der Waals surface area contributed by atoms with Gasteiger partial charge in [0.25, 0.3) is 0 Å². The summed E-state index contributed by atoms with van der Waals surface area (Å²) in [6.45, 7) is 10.0. The Bertz CT molecular complexity index is 182. The number of nitrogens with two attached hydrogens (primary N) is 1. The van der Waals surface area contributed by atoms with Crippen LogP contribution in [0.15, 0.2) is 29.5 Å². The molecule has 2 nitrogen and oxygen atoms in total. The highest BCUT2D eigenvalue weighted by Gasteiger charge is 2.12. The van der Waals surface area contributed by atoms with E-state index in [0.29, 0.717) is 0 Å². The Morgan fingerprint density at radius 3 is 2.36 bits per heavy atom. The molecule has 0 radical (unpaired) electrons. The zero-order valence-corrected chi connectivity index (χ0v) is 7.46. The summed E-state index contributed by atoms with van der Waals surface area (Å²) >= 11 is 0. The lowest BCUT2D eigenvalue weighted by molar-refractivity contribution is 0.501. The molecule has 62 valence electrons. The van der Waals surface area contributed by atoms with E-state index in [-0.39, 0.29) is 5.41 Å². The molecule has 0 amide bonds. The third kappa shape index (κ3) is 4.37. The number of rotatable bonds is 2. The van der Waals surface area contributed by atoms with Gasteiger partial charge in [0.15, 0.2) is 0 Å². The Hall–Kier alpha value is -1.05. The Morgan fingerprint density at radius 2 is 2.00 bits per heavy atom. The van der Waals surface area contributed by atoms with E-state index in [4.69, 9.17) is 5.73 Å². The van der Waals surface area contributed by atoms with Gasteiger partial charge in [0.2, 0.25) is 0 Å². The summed E-state index contributed by atoms with van der Waals surface area (Å²) in [5.41, 5.74) is 6.02. The molecule has 0 heterocycles. The molecule has 0 saturated heterocycles. The standard InChI is InChI=1S/C9H16N2/c1-8(9(2,3)4)11-7-5-6-10/h5-7H,1,10H2,2-4H3/b6-5-,11-7?. The second-order valence-electron chi connectivity index (χ2n) is 3.36. The van der Waals surface area contributed by atoms with Crippen molar-refractivity contribution in [3.8, 4) is 0 Å². The maximum atomic E-state index is 5.12. The molecule has 0 spiro atoms. The quantitative estimate of drug-likeness (QED) is 0.604. The van der Waals surface area contributed by atoms with Gasteiger partial charge in [0.1, 0.15) is 0 Å². The van der Waals surface area contributed by atoms with Crippen LogP contribution in [0.3, 0.4) is 0 Å². The lowest BCUT2D eigenvalue weighted by Crippen LogP contribution is -2.06. The molecule has 0 bridgehead atoms. The van der Waals surface area contributed by atoms with Gasteiger partial charge < -0.3 is 5.73 Å². The summed E-state index contributed by atoms with van der Waals surface area (Å²) < 4.78 is 0. The lowest BCUT2D eigenvalue weighted by Gasteiger charge is -2.16. The second-order valence-corrected chi connectivity index (χ2v) is 3.36. The molecule has 0 saturated carbocycles. The predicted molar refractivity (Wildman–Crippen MR) is 50.4 cm³/mol. The third-order valence-electron chi connectivity index (χ3n) is 1.29. The molecular formula is C9H16N2. The van der Waals surface area contributed by atoms with Gasteiger partial charge >= 0.3 is 0 Å². The van der Waals surface area contributed by atoms with Crippen molar-refractivity contribution < 1.29 is 0 Å². The van der Waals surface area contributed by atoms with Gasteiger partial charge in [0.05, 0.1) is 0 Å². The number of aliphatic imine (C=N–C) groups is 1. The summed E-state index contributed by atoms with van der Waals surface area (Å²) in [5.74, 6) is 0. The van der Waals surface area contributed by atoms with Gasteiger partial charge in [-0.2, -0.15) is 0 Å². The molecule has 0 fully saturated rings. The largest absolute Gasteiger partial charge is 0.405 e. The van der Waals surface area contributed by atoms with E-state index in [1.165, 1.54) is 6.20 Å². The second kappa shape index (κ2) is 3.96. The van der Waals surface area contributed by atoms with E-state index in [9.17, 15) is 0 Å². The van der Waals surface area contributed by atoms with Crippen molar-refractivity contribution in [2.24, 2.45) is 16.1 Å². The summed E-state index contributed by atoms with van der Waals surface area (Å²) in [6.07, 6.45) is 4.77. The Balaban J connectivity index is 4.08. The van der Waals surface area contributed by atoms with E-state index in [0.717, 1.165) is 5.70 Å². The molecule has 0 aliphatic heterocycles. The molecule has 0 atom stereocenters. The summed E-state index contributed by atoms with van der Waals surface area (Å²) in [7, 11) is 0. The van der Waals surface area contributed by atoms with E-state index < -0.39 is 0 Å². The van der Waals surface area contributed by atoms with Crippen LogP contribution in [0.5, 0.6) is 0 Å². The highest BCUT2D eigenvalue weighted by atomic mass is 14.7. The Kier molecular flexibility index (Phi) is 3.58. The molecule has 0 unspecified atom stereocenters. The Morgan fingerprint density at radius 1 is 1.45 bits per heavy atom. The van der Waals surface area contributed by atoms with Gasteiger partial charge in [-0.15, -0.1) is 0 Å². The molecule has 0 aliphatic carbocycles. The molecule has 0 aliphatic rings. The Labute approximate surface area is 68.5 Å². The van der Waals surface area contributed by atoms with Crippen LogP contribution in [-0.2, 0) is 0 Å². The van der Waals surface area contributed by atoms with Crippen LogP contribution in [-0.4, -0.2) is 6.21 Å². The first-order valence-electron chi connectivity index (χ1n) is 3.59. The smallest absolute Gasteiger partial charge is 0.0385 e. The predicted octanol–water partition coefficient (Wildman–Crippen LogP) is 2.09. The molecular weight excluding hydrogens is 136 g/mol. The van der Waals surface area contributed by atoms with Crippen LogP contribution >= 0.6 is 0 Å². The number of hydrogen-bond donors (Lipinski definition) is 1. The molecule has 2 N–H and O–H groups in total. The first-order chi connectivity index (χ1) is 4.98. The maximum absolute atomic E-state index is 5.12. The van der Waals surface area contributed by atoms with Crippen molar-refractivity contribution in [1.29, 1.82) is 0 Å². The van der Waals surface area contributed by atoms with Crippen LogP contribution in [0.25, 0.3) is 0 Å². The number of hydrogen-bond acceptors (Lipinski definition) is 2. The van der Waals surface area contributed by atoms with Crippen molar-refractivity contribution in [1.82, 2.24) is 0 Å². The summed E-state index contributed by atoms with van der Waals surface area (Å²) in [4.78, 5) is 4.10. The van der Waals surface area contributed by atoms with Gasteiger partial charge in [0, 0.05) is 17.3 Å². The van der Waals surface area contributed by atoms with Crippen LogP contribution in [0.4, 0.5) is 0 Å². The lowest BCUT2D eigenvalue weighted by atomic mass is 9.93. The maximum Gasteiger partial charge on any atom is 0.0385 e. The van der Waals surface area contributed by atoms with Gasteiger partial charge in [-0.05, 0) is 12.3 Å². The van der Waals surface area contributed by atoms with Crippen LogP contribution < -0.4 is 5.73 Å². The van der Waals surface area contributed by atoms with Crippen molar-refractivity contribution >= 4 is 6.21 Å². The van der Waals surface area contributed by atoms with Crippen molar-refractivity contribution in [3.63, 3.8) is 0 Å². The van der Waals surface area contributed by atoms with E-state index in [1.54, 1.807) is 12.3 Å². The van der Waals surface area contributed by atoms with Gasteiger partial charge in [-0.25, -0.2) is 0 Å². The average Bonchev–Trinajstić information content (AvgIpc) is 1.86. The van der Waals surface area contributed by atoms with Gasteiger partial charge in [-0.1, -0.05) is 27.4 Å². The minimum atomic E-state index is 0.0406. The van der Waals surface area contributed by atoms with Crippen molar-refractivity contribution in [2.75, 3.05) is 0 Å². The number of nitrogens with zero attached hydrogens (tertiary/aromatic N) is 1. The SMILES string of the molecule is C=C(N=C/C=C\N)C(C)(C)C. The molecule has 0 aromatic carbocycles. The molecule has 0 rings (SSSR count). The topological polar surface area (TPSA) is 38.4 Å².